The molecular formula is C13H19N3O. The van der Waals surface area contributed by atoms with Gasteiger partial charge in [-0.05, 0) is 31.0 Å². The van der Waals surface area contributed by atoms with Crippen molar-refractivity contribution >= 4 is 23.0 Å². The van der Waals surface area contributed by atoms with Gasteiger partial charge in [0.05, 0.1) is 17.8 Å². The summed E-state index contributed by atoms with van der Waals surface area (Å²) in [5.41, 5.74) is 9.47. The third-order valence-electron chi connectivity index (χ3n) is 3.02. The molecule has 1 heterocycles. The summed E-state index contributed by atoms with van der Waals surface area (Å²) in [6.45, 7) is 4.29. The molecule has 1 aliphatic heterocycles. The van der Waals surface area contributed by atoms with Gasteiger partial charge in [0, 0.05) is 11.7 Å². The van der Waals surface area contributed by atoms with Crippen molar-refractivity contribution in [3.05, 3.63) is 17.7 Å². The van der Waals surface area contributed by atoms with E-state index < -0.39 is 0 Å². The van der Waals surface area contributed by atoms with E-state index in [4.69, 9.17) is 5.73 Å². The zero-order chi connectivity index (χ0) is 12.4. The van der Waals surface area contributed by atoms with E-state index in [-0.39, 0.29) is 5.91 Å². The monoisotopic (exact) mass is 233 g/mol. The Kier molecular flexibility index (Phi) is 3.22. The molecule has 1 aromatic rings. The highest BCUT2D eigenvalue weighted by Crippen LogP contribution is 2.31. The van der Waals surface area contributed by atoms with Gasteiger partial charge in [0.1, 0.15) is 0 Å². The Morgan fingerprint density at radius 1 is 1.53 bits per heavy atom. The lowest BCUT2D eigenvalue weighted by Gasteiger charge is -2.17. The number of carbonyl (C=O) groups excluding carboxylic acids is 1. The Labute approximate surface area is 102 Å². The van der Waals surface area contributed by atoms with Crippen LogP contribution in [0.5, 0.6) is 0 Å². The average Bonchev–Trinajstić information content (AvgIpc) is 2.58. The van der Waals surface area contributed by atoms with E-state index in [0.29, 0.717) is 18.2 Å². The number of carbonyl (C=O) groups is 1. The van der Waals surface area contributed by atoms with Crippen molar-refractivity contribution in [3.8, 4) is 0 Å². The van der Waals surface area contributed by atoms with E-state index in [1.165, 1.54) is 0 Å². The van der Waals surface area contributed by atoms with Crippen LogP contribution < -0.4 is 16.4 Å². The van der Waals surface area contributed by atoms with Crippen LogP contribution in [0.3, 0.4) is 0 Å². The van der Waals surface area contributed by atoms with E-state index in [2.05, 4.69) is 24.5 Å². The van der Waals surface area contributed by atoms with Crippen molar-refractivity contribution in [1.82, 2.24) is 0 Å². The number of nitrogens with one attached hydrogen (secondary N) is 2. The molecule has 1 amide bonds. The van der Waals surface area contributed by atoms with Crippen LogP contribution >= 0.6 is 0 Å². The van der Waals surface area contributed by atoms with Crippen molar-refractivity contribution in [2.24, 2.45) is 0 Å². The zero-order valence-corrected chi connectivity index (χ0v) is 10.3. The molecule has 92 valence electrons. The van der Waals surface area contributed by atoms with Gasteiger partial charge in [-0.25, -0.2) is 0 Å². The van der Waals surface area contributed by atoms with Gasteiger partial charge in [0.15, 0.2) is 0 Å². The summed E-state index contributed by atoms with van der Waals surface area (Å²) in [6, 6.07) is 4.20. The molecular weight excluding hydrogens is 214 g/mol. The molecule has 1 aliphatic rings. The first-order valence-corrected chi connectivity index (χ1v) is 6.09. The average molecular weight is 233 g/mol. The van der Waals surface area contributed by atoms with Crippen molar-refractivity contribution in [1.29, 1.82) is 0 Å². The van der Waals surface area contributed by atoms with Gasteiger partial charge in [-0.15, -0.1) is 0 Å². The summed E-state index contributed by atoms with van der Waals surface area (Å²) < 4.78 is 0. The van der Waals surface area contributed by atoms with Crippen molar-refractivity contribution < 1.29 is 4.79 Å². The molecule has 2 rings (SSSR count). The molecule has 0 saturated heterocycles. The maximum Gasteiger partial charge on any atom is 0.228 e. The van der Waals surface area contributed by atoms with Crippen LogP contribution in [0.25, 0.3) is 0 Å². The lowest BCUT2D eigenvalue weighted by Crippen LogP contribution is -2.15. The number of hydrogen-bond acceptors (Lipinski definition) is 3. The van der Waals surface area contributed by atoms with Crippen LogP contribution in [0.4, 0.5) is 17.1 Å². The van der Waals surface area contributed by atoms with E-state index in [1.54, 1.807) is 0 Å². The van der Waals surface area contributed by atoms with Gasteiger partial charge >= 0.3 is 0 Å². The fourth-order valence-electron chi connectivity index (χ4n) is 2.19. The molecule has 0 radical (unpaired) electrons. The van der Waals surface area contributed by atoms with E-state index in [9.17, 15) is 4.79 Å². The first-order chi connectivity index (χ1) is 8.10. The predicted molar refractivity (Wildman–Crippen MR) is 71.2 cm³/mol. The second-order valence-corrected chi connectivity index (χ2v) is 4.66. The van der Waals surface area contributed by atoms with Gasteiger partial charge in [-0.1, -0.05) is 13.3 Å². The van der Waals surface area contributed by atoms with Crippen LogP contribution in [0.1, 0.15) is 32.3 Å². The summed E-state index contributed by atoms with van der Waals surface area (Å²) in [7, 11) is 0. The fourth-order valence-corrected chi connectivity index (χ4v) is 2.19. The summed E-state index contributed by atoms with van der Waals surface area (Å²) >= 11 is 0. The standard InChI is InChI=1S/C13H19N3O/c1-3-4-8(2)15-12-7-11-9(5-10(12)14)6-13(17)16-11/h5,7-8,15H,3-4,6,14H2,1-2H3,(H,16,17). The molecule has 17 heavy (non-hydrogen) atoms. The lowest BCUT2D eigenvalue weighted by atomic mass is 10.1. The van der Waals surface area contributed by atoms with Crippen LogP contribution in [-0.2, 0) is 11.2 Å². The topological polar surface area (TPSA) is 67.1 Å². The molecule has 4 N–H and O–H groups in total. The molecule has 4 nitrogen and oxygen atoms in total. The summed E-state index contributed by atoms with van der Waals surface area (Å²) in [6.07, 6.45) is 2.67. The summed E-state index contributed by atoms with van der Waals surface area (Å²) in [5.74, 6) is 0.0400. The number of nitrogen functional groups attached to an aromatic ring is 1. The van der Waals surface area contributed by atoms with E-state index in [0.717, 1.165) is 29.8 Å². The molecule has 1 unspecified atom stereocenters. The Morgan fingerprint density at radius 3 is 3.00 bits per heavy atom. The van der Waals surface area contributed by atoms with Gasteiger partial charge in [0.25, 0.3) is 0 Å². The second-order valence-electron chi connectivity index (χ2n) is 4.66. The summed E-state index contributed by atoms with van der Waals surface area (Å²) in [5, 5.41) is 6.22. The van der Waals surface area contributed by atoms with Crippen LogP contribution in [-0.4, -0.2) is 11.9 Å². The zero-order valence-electron chi connectivity index (χ0n) is 10.3. The molecule has 0 aromatic heterocycles. The van der Waals surface area contributed by atoms with Crippen LogP contribution in [0.15, 0.2) is 12.1 Å². The predicted octanol–water partition coefficient (Wildman–Crippen LogP) is 2.36. The van der Waals surface area contributed by atoms with E-state index >= 15 is 0 Å². The second kappa shape index (κ2) is 4.65. The minimum absolute atomic E-state index is 0.0400. The van der Waals surface area contributed by atoms with E-state index in [1.807, 2.05) is 12.1 Å². The lowest BCUT2D eigenvalue weighted by molar-refractivity contribution is -0.115. The number of fused-ring (bicyclic) bond motifs is 1. The molecule has 1 aromatic carbocycles. The highest BCUT2D eigenvalue weighted by molar-refractivity contribution is 6.00. The smallest absolute Gasteiger partial charge is 0.228 e. The fraction of sp³-hybridized carbons (Fsp3) is 0.462. The highest BCUT2D eigenvalue weighted by Gasteiger charge is 2.19. The first kappa shape index (κ1) is 11.8. The third-order valence-corrected chi connectivity index (χ3v) is 3.02. The Morgan fingerprint density at radius 2 is 2.29 bits per heavy atom. The Balaban J connectivity index is 2.19. The molecule has 0 aliphatic carbocycles. The number of hydrogen-bond donors (Lipinski definition) is 3. The largest absolute Gasteiger partial charge is 0.397 e. The molecule has 1 atom stereocenters. The van der Waals surface area contributed by atoms with Gasteiger partial charge in [0.2, 0.25) is 5.91 Å². The van der Waals surface area contributed by atoms with Gasteiger partial charge < -0.3 is 16.4 Å². The maximum absolute atomic E-state index is 11.3. The van der Waals surface area contributed by atoms with Crippen molar-refractivity contribution in [3.63, 3.8) is 0 Å². The van der Waals surface area contributed by atoms with Crippen molar-refractivity contribution in [2.75, 3.05) is 16.4 Å². The minimum atomic E-state index is 0.0400. The highest BCUT2D eigenvalue weighted by atomic mass is 16.1. The normalized spacial score (nSPS) is 15.3. The minimum Gasteiger partial charge on any atom is -0.397 e. The number of rotatable bonds is 4. The number of anilines is 3. The SMILES string of the molecule is CCCC(C)Nc1cc2c(cc1N)CC(=O)N2. The molecule has 0 saturated carbocycles. The molecule has 0 spiro atoms. The Bertz CT molecular complexity index is 443. The number of nitrogens with two attached hydrogens (primary N) is 1. The third kappa shape index (κ3) is 2.52. The first-order valence-electron chi connectivity index (χ1n) is 6.09. The van der Waals surface area contributed by atoms with Gasteiger partial charge in [-0.3, -0.25) is 4.79 Å². The summed E-state index contributed by atoms with van der Waals surface area (Å²) in [4.78, 5) is 11.3. The number of amides is 1. The molecule has 0 fully saturated rings. The molecule has 4 heteroatoms. The van der Waals surface area contributed by atoms with Crippen molar-refractivity contribution in [2.45, 2.75) is 39.2 Å². The van der Waals surface area contributed by atoms with Crippen LogP contribution in [0.2, 0.25) is 0 Å². The Hall–Kier alpha value is -1.71. The number of benzene rings is 1. The molecule has 0 bridgehead atoms. The van der Waals surface area contributed by atoms with Gasteiger partial charge in [-0.2, -0.15) is 0 Å². The van der Waals surface area contributed by atoms with Crippen LogP contribution in [0, 0.1) is 0 Å². The maximum atomic E-state index is 11.3. The quantitative estimate of drug-likeness (QED) is 0.699.